The molecule has 0 N–H and O–H groups in total. The van der Waals surface area contributed by atoms with Gasteiger partial charge in [0.15, 0.2) is 5.84 Å². The van der Waals surface area contributed by atoms with Crippen molar-refractivity contribution in [1.29, 1.82) is 0 Å². The first-order chi connectivity index (χ1) is 12.5. The third-order valence-corrected chi connectivity index (χ3v) is 4.61. The fourth-order valence-corrected chi connectivity index (χ4v) is 3.31. The maximum Gasteiger partial charge on any atom is 0.419 e. The Hall–Kier alpha value is -2.05. The number of hydrogen-bond donors (Lipinski definition) is 0. The zero-order chi connectivity index (χ0) is 19.0. The van der Waals surface area contributed by atoms with Crippen LogP contribution in [0.4, 0.5) is 13.2 Å². The highest BCUT2D eigenvalue weighted by molar-refractivity contribution is 6.01. The van der Waals surface area contributed by atoms with Crippen molar-refractivity contribution in [3.63, 3.8) is 0 Å². The average molecular weight is 370 g/mol. The standard InChI is InChI=1S/C19H25F3N2O2/c1-23-18(24-25-2)15-10-11-17(16(13-15)19(20,21)22)26-12-6-9-14-7-4-3-5-8-14/h10-11,13-14H,1,3-9,12H2,2H3/b24-18-. The zero-order valence-corrected chi connectivity index (χ0v) is 15.0. The van der Waals surface area contributed by atoms with E-state index in [1.165, 1.54) is 51.3 Å². The van der Waals surface area contributed by atoms with Crippen LogP contribution in [0.5, 0.6) is 5.75 Å². The van der Waals surface area contributed by atoms with E-state index >= 15 is 0 Å². The highest BCUT2D eigenvalue weighted by atomic mass is 19.4. The zero-order valence-electron chi connectivity index (χ0n) is 15.0. The van der Waals surface area contributed by atoms with E-state index in [2.05, 4.69) is 21.7 Å². The van der Waals surface area contributed by atoms with Crippen LogP contribution < -0.4 is 4.74 Å². The van der Waals surface area contributed by atoms with Gasteiger partial charge in [0, 0.05) is 5.56 Å². The molecular formula is C19H25F3N2O2. The molecule has 0 radical (unpaired) electrons. The number of benzene rings is 1. The molecule has 1 aliphatic carbocycles. The molecule has 1 aromatic carbocycles. The van der Waals surface area contributed by atoms with Crippen molar-refractivity contribution in [3.8, 4) is 5.75 Å². The second-order valence-corrected chi connectivity index (χ2v) is 6.46. The molecule has 26 heavy (non-hydrogen) atoms. The largest absolute Gasteiger partial charge is 0.493 e. The molecule has 144 valence electrons. The van der Waals surface area contributed by atoms with E-state index < -0.39 is 11.7 Å². The second kappa shape index (κ2) is 9.59. The van der Waals surface area contributed by atoms with Crippen molar-refractivity contribution in [2.75, 3.05) is 13.7 Å². The molecule has 0 amide bonds. The summed E-state index contributed by atoms with van der Waals surface area (Å²) in [6.45, 7) is 3.58. The third-order valence-electron chi connectivity index (χ3n) is 4.61. The van der Waals surface area contributed by atoms with Gasteiger partial charge in [-0.3, -0.25) is 0 Å². The predicted octanol–water partition coefficient (Wildman–Crippen LogP) is 5.45. The SMILES string of the molecule is C=N/C(=N\OC)c1ccc(OCCCC2CCCCC2)c(C(F)(F)F)c1. The topological polar surface area (TPSA) is 43.2 Å². The normalized spacial score (nSPS) is 16.4. The highest BCUT2D eigenvalue weighted by Gasteiger charge is 2.35. The Morgan fingerprint density at radius 2 is 1.96 bits per heavy atom. The number of halogens is 3. The molecule has 1 fully saturated rings. The molecule has 1 aliphatic rings. The minimum atomic E-state index is -4.53. The van der Waals surface area contributed by atoms with Crippen LogP contribution >= 0.6 is 0 Å². The molecule has 1 saturated carbocycles. The molecule has 0 aromatic heterocycles. The van der Waals surface area contributed by atoms with Crippen molar-refractivity contribution >= 4 is 12.6 Å². The van der Waals surface area contributed by atoms with E-state index in [0.29, 0.717) is 5.92 Å². The Morgan fingerprint density at radius 1 is 1.23 bits per heavy atom. The maximum absolute atomic E-state index is 13.4. The van der Waals surface area contributed by atoms with Crippen LogP contribution in [0.15, 0.2) is 28.3 Å². The average Bonchev–Trinajstić information content (AvgIpc) is 2.63. The van der Waals surface area contributed by atoms with Gasteiger partial charge in [-0.05, 0) is 43.7 Å². The van der Waals surface area contributed by atoms with Gasteiger partial charge in [-0.15, -0.1) is 0 Å². The summed E-state index contributed by atoms with van der Waals surface area (Å²) >= 11 is 0. The second-order valence-electron chi connectivity index (χ2n) is 6.46. The molecule has 7 heteroatoms. The van der Waals surface area contributed by atoms with Crippen LogP contribution in [0.2, 0.25) is 0 Å². The number of oxime groups is 1. The van der Waals surface area contributed by atoms with Crippen molar-refractivity contribution in [2.24, 2.45) is 16.1 Å². The van der Waals surface area contributed by atoms with Crippen molar-refractivity contribution < 1.29 is 22.7 Å². The summed E-state index contributed by atoms with van der Waals surface area (Å²) in [5.74, 6) is 0.496. The number of alkyl halides is 3. The van der Waals surface area contributed by atoms with Crippen molar-refractivity contribution in [3.05, 3.63) is 29.3 Å². The molecule has 0 saturated heterocycles. The van der Waals surface area contributed by atoms with Gasteiger partial charge in [0.25, 0.3) is 0 Å². The minimum Gasteiger partial charge on any atom is -0.493 e. The molecule has 0 unspecified atom stereocenters. The van der Waals surface area contributed by atoms with E-state index in [0.717, 1.165) is 18.9 Å². The third kappa shape index (κ3) is 5.75. The van der Waals surface area contributed by atoms with E-state index in [4.69, 9.17) is 4.74 Å². The summed E-state index contributed by atoms with van der Waals surface area (Å²) < 4.78 is 45.6. The number of amidine groups is 1. The Morgan fingerprint density at radius 3 is 2.58 bits per heavy atom. The summed E-state index contributed by atoms with van der Waals surface area (Å²) in [5.41, 5.74) is -0.677. The Balaban J connectivity index is 2.04. The van der Waals surface area contributed by atoms with Gasteiger partial charge in [-0.2, -0.15) is 13.2 Å². The Bertz CT molecular complexity index is 624. The molecule has 0 spiro atoms. The molecule has 0 atom stereocenters. The monoisotopic (exact) mass is 370 g/mol. The summed E-state index contributed by atoms with van der Waals surface area (Å²) in [4.78, 5) is 8.18. The number of rotatable bonds is 7. The predicted molar refractivity (Wildman–Crippen MR) is 95.8 cm³/mol. The van der Waals surface area contributed by atoms with Crippen LogP contribution in [0.3, 0.4) is 0 Å². The molecule has 1 aromatic rings. The van der Waals surface area contributed by atoms with Gasteiger partial charge in [0.05, 0.1) is 12.2 Å². The molecule has 0 bridgehead atoms. The number of ether oxygens (including phenoxy) is 1. The first kappa shape index (κ1) is 20.3. The highest BCUT2D eigenvalue weighted by Crippen LogP contribution is 2.37. The molecular weight excluding hydrogens is 345 g/mol. The fraction of sp³-hybridized carbons (Fsp3) is 0.579. The number of nitrogens with zero attached hydrogens (tertiary/aromatic N) is 2. The van der Waals surface area contributed by atoms with Crippen LogP contribution in [-0.2, 0) is 11.0 Å². The summed E-state index contributed by atoms with van der Waals surface area (Å²) in [6, 6.07) is 3.73. The lowest BCUT2D eigenvalue weighted by molar-refractivity contribution is -0.139. The lowest BCUT2D eigenvalue weighted by atomic mass is 9.86. The molecule has 0 heterocycles. The lowest BCUT2D eigenvalue weighted by Gasteiger charge is -2.21. The first-order valence-electron chi connectivity index (χ1n) is 8.88. The molecule has 4 nitrogen and oxygen atoms in total. The van der Waals surface area contributed by atoms with Gasteiger partial charge in [0.1, 0.15) is 12.9 Å². The number of hydrogen-bond acceptors (Lipinski definition) is 3. The summed E-state index contributed by atoms with van der Waals surface area (Å²) in [7, 11) is 1.29. The van der Waals surface area contributed by atoms with Crippen LogP contribution in [0, 0.1) is 5.92 Å². The van der Waals surface area contributed by atoms with Crippen LogP contribution in [0.25, 0.3) is 0 Å². The summed E-state index contributed by atoms with van der Waals surface area (Å²) in [5, 5.41) is 3.57. The molecule has 2 rings (SSSR count). The van der Waals surface area contributed by atoms with Gasteiger partial charge < -0.3 is 9.57 Å². The smallest absolute Gasteiger partial charge is 0.419 e. The van der Waals surface area contributed by atoms with Crippen LogP contribution in [0.1, 0.15) is 56.1 Å². The quantitative estimate of drug-likeness (QED) is 0.277. The van der Waals surface area contributed by atoms with Gasteiger partial charge in [0.2, 0.25) is 0 Å². The first-order valence-corrected chi connectivity index (χ1v) is 8.88. The maximum atomic E-state index is 13.4. The van der Waals surface area contributed by atoms with Crippen molar-refractivity contribution in [1.82, 2.24) is 0 Å². The fourth-order valence-electron chi connectivity index (χ4n) is 3.31. The van der Waals surface area contributed by atoms with E-state index in [9.17, 15) is 13.2 Å². The van der Waals surface area contributed by atoms with Crippen LogP contribution in [-0.4, -0.2) is 26.3 Å². The Labute approximate surface area is 152 Å². The van der Waals surface area contributed by atoms with Gasteiger partial charge in [-0.1, -0.05) is 37.3 Å². The van der Waals surface area contributed by atoms with E-state index in [1.807, 2.05) is 0 Å². The van der Waals surface area contributed by atoms with Gasteiger partial charge in [-0.25, -0.2) is 4.99 Å². The Kier molecular flexibility index (Phi) is 7.48. The minimum absolute atomic E-state index is 0.0122. The van der Waals surface area contributed by atoms with E-state index in [1.54, 1.807) is 0 Å². The summed E-state index contributed by atoms with van der Waals surface area (Å²) in [6.07, 6.45) is 3.48. The van der Waals surface area contributed by atoms with Gasteiger partial charge >= 0.3 is 6.18 Å². The molecule has 0 aliphatic heterocycles. The lowest BCUT2D eigenvalue weighted by Crippen LogP contribution is -2.12. The van der Waals surface area contributed by atoms with Crippen molar-refractivity contribution in [2.45, 2.75) is 51.1 Å². The number of aliphatic imine (C=N–C) groups is 1. The van der Waals surface area contributed by atoms with E-state index in [-0.39, 0.29) is 23.8 Å².